The van der Waals surface area contributed by atoms with Crippen LogP contribution in [-0.4, -0.2) is 52.0 Å². The first-order valence-corrected chi connectivity index (χ1v) is 11.4. The highest BCUT2D eigenvalue weighted by atomic mass is 32.2. The van der Waals surface area contributed by atoms with Crippen LogP contribution in [0.5, 0.6) is 0 Å². The molecule has 2 heterocycles. The molecule has 0 amide bonds. The molecule has 1 aromatic carbocycles. The number of aromatic nitrogens is 4. The Labute approximate surface area is 171 Å². The van der Waals surface area contributed by atoms with E-state index in [-0.39, 0.29) is 17.9 Å². The second-order valence-electron chi connectivity index (χ2n) is 7.12. The number of carbonyl (C=O) groups excluding carboxylic acids is 1. The summed E-state index contributed by atoms with van der Waals surface area (Å²) >= 11 is 0. The number of tetrazole rings is 1. The molecule has 0 radical (unpaired) electrons. The number of sulfonamides is 1. The highest BCUT2D eigenvalue weighted by Gasteiger charge is 2.25. The summed E-state index contributed by atoms with van der Waals surface area (Å²) in [4.78, 5) is 12.4. The number of benzene rings is 1. The van der Waals surface area contributed by atoms with Crippen molar-refractivity contribution in [2.75, 3.05) is 13.1 Å². The van der Waals surface area contributed by atoms with Crippen molar-refractivity contribution in [2.24, 2.45) is 0 Å². The van der Waals surface area contributed by atoms with Gasteiger partial charge in [-0.3, -0.25) is 4.79 Å². The summed E-state index contributed by atoms with van der Waals surface area (Å²) < 4.78 is 33.8. The zero-order valence-corrected chi connectivity index (χ0v) is 17.5. The summed E-state index contributed by atoms with van der Waals surface area (Å²) in [5, 5.41) is 11.4. The van der Waals surface area contributed by atoms with Crippen LogP contribution in [0.25, 0.3) is 0 Å². The molecular weight excluding hydrogens is 394 g/mol. The zero-order valence-electron chi connectivity index (χ0n) is 16.7. The summed E-state index contributed by atoms with van der Waals surface area (Å²) in [6.45, 7) is 3.90. The Kier molecular flexibility index (Phi) is 7.32. The van der Waals surface area contributed by atoms with E-state index in [2.05, 4.69) is 22.4 Å². The third kappa shape index (κ3) is 5.60. The number of aryl methyl sites for hydroxylation is 1. The molecule has 158 valence electrons. The van der Waals surface area contributed by atoms with Crippen molar-refractivity contribution in [1.29, 1.82) is 0 Å². The first-order valence-electron chi connectivity index (χ1n) is 10.0. The number of piperidine rings is 1. The summed E-state index contributed by atoms with van der Waals surface area (Å²) in [5.41, 5.74) is 0.693. The second kappa shape index (κ2) is 9.93. The Morgan fingerprint density at radius 2 is 1.86 bits per heavy atom. The largest absolute Gasteiger partial charge is 0.457 e. The Bertz CT molecular complexity index is 905. The van der Waals surface area contributed by atoms with E-state index in [1.165, 1.54) is 4.31 Å². The molecule has 3 rings (SSSR count). The van der Waals surface area contributed by atoms with Gasteiger partial charge in [-0.1, -0.05) is 31.9 Å². The van der Waals surface area contributed by atoms with E-state index >= 15 is 0 Å². The average Bonchev–Trinajstić information content (AvgIpc) is 3.19. The Morgan fingerprint density at radius 3 is 2.55 bits per heavy atom. The molecule has 0 bridgehead atoms. The molecule has 1 aromatic heterocycles. The van der Waals surface area contributed by atoms with Gasteiger partial charge in [-0.2, -0.15) is 4.31 Å². The maximum atomic E-state index is 12.7. The molecular formula is C19H27N5O4S. The third-order valence-corrected chi connectivity index (χ3v) is 6.83. The number of rotatable bonds is 9. The first-order chi connectivity index (χ1) is 14.0. The Balaban J connectivity index is 1.54. The highest BCUT2D eigenvalue weighted by Crippen LogP contribution is 2.21. The molecule has 1 saturated heterocycles. The van der Waals surface area contributed by atoms with Crippen molar-refractivity contribution < 1.29 is 17.9 Å². The van der Waals surface area contributed by atoms with Gasteiger partial charge in [0.1, 0.15) is 0 Å². The van der Waals surface area contributed by atoms with Crippen molar-refractivity contribution in [3.63, 3.8) is 0 Å². The number of unbranched alkanes of at least 4 members (excludes halogenated alkanes) is 1. The van der Waals surface area contributed by atoms with Gasteiger partial charge in [0.2, 0.25) is 10.0 Å². The SMILES string of the molecule is CCCCn1nnnc1COC(=O)Cc1ccc(S(=O)(=O)N2CCCCC2)cc1. The molecule has 1 fully saturated rings. The summed E-state index contributed by atoms with van der Waals surface area (Å²) in [5.74, 6) is 0.0939. The van der Waals surface area contributed by atoms with Gasteiger partial charge in [-0.15, -0.1) is 5.10 Å². The smallest absolute Gasteiger partial charge is 0.310 e. The van der Waals surface area contributed by atoms with Gasteiger partial charge in [0.15, 0.2) is 12.4 Å². The second-order valence-corrected chi connectivity index (χ2v) is 9.06. The number of hydrogen-bond acceptors (Lipinski definition) is 7. The zero-order chi connectivity index (χ0) is 20.7. The van der Waals surface area contributed by atoms with Gasteiger partial charge in [0, 0.05) is 19.6 Å². The molecule has 0 aliphatic carbocycles. The van der Waals surface area contributed by atoms with Crippen molar-refractivity contribution >= 4 is 16.0 Å². The van der Waals surface area contributed by atoms with E-state index in [0.717, 1.165) is 32.1 Å². The van der Waals surface area contributed by atoms with Crippen LogP contribution in [0.4, 0.5) is 0 Å². The molecule has 0 atom stereocenters. The normalized spacial score (nSPS) is 15.3. The Hall–Kier alpha value is -2.33. The van der Waals surface area contributed by atoms with Crippen LogP contribution in [-0.2, 0) is 39.1 Å². The number of carbonyl (C=O) groups is 1. The van der Waals surface area contributed by atoms with Crippen molar-refractivity contribution in [1.82, 2.24) is 24.5 Å². The quantitative estimate of drug-likeness (QED) is 0.569. The fraction of sp³-hybridized carbons (Fsp3) is 0.579. The van der Waals surface area contributed by atoms with Crippen LogP contribution in [0.2, 0.25) is 0 Å². The minimum atomic E-state index is -3.47. The molecule has 1 aliphatic rings. The lowest BCUT2D eigenvalue weighted by molar-refractivity contribution is -0.144. The minimum Gasteiger partial charge on any atom is -0.457 e. The lowest BCUT2D eigenvalue weighted by Crippen LogP contribution is -2.35. The molecule has 0 saturated carbocycles. The monoisotopic (exact) mass is 421 g/mol. The molecule has 29 heavy (non-hydrogen) atoms. The van der Waals surface area contributed by atoms with Crippen LogP contribution in [0.1, 0.15) is 50.4 Å². The van der Waals surface area contributed by atoms with Crippen LogP contribution in [0.15, 0.2) is 29.2 Å². The predicted octanol–water partition coefficient (Wildman–Crippen LogP) is 1.93. The summed E-state index contributed by atoms with van der Waals surface area (Å²) in [7, 11) is -3.47. The van der Waals surface area contributed by atoms with Gasteiger partial charge >= 0.3 is 5.97 Å². The lowest BCUT2D eigenvalue weighted by atomic mass is 10.1. The molecule has 0 spiro atoms. The number of nitrogens with zero attached hydrogens (tertiary/aromatic N) is 5. The van der Waals surface area contributed by atoms with Gasteiger partial charge in [-0.25, -0.2) is 13.1 Å². The first kappa shape index (κ1) is 21.4. The fourth-order valence-electron chi connectivity index (χ4n) is 3.20. The van der Waals surface area contributed by atoms with Crippen molar-refractivity contribution in [2.45, 2.75) is 63.5 Å². The maximum Gasteiger partial charge on any atom is 0.310 e. The van der Waals surface area contributed by atoms with E-state index < -0.39 is 16.0 Å². The minimum absolute atomic E-state index is 0.0109. The van der Waals surface area contributed by atoms with Crippen LogP contribution in [0, 0.1) is 0 Å². The number of esters is 1. The molecule has 9 nitrogen and oxygen atoms in total. The summed E-state index contributed by atoms with van der Waals surface area (Å²) in [6.07, 6.45) is 4.87. The van der Waals surface area contributed by atoms with Gasteiger partial charge in [0.05, 0.1) is 11.3 Å². The van der Waals surface area contributed by atoms with E-state index in [1.807, 2.05) is 0 Å². The van der Waals surface area contributed by atoms with Crippen molar-refractivity contribution in [3.05, 3.63) is 35.7 Å². The molecule has 10 heteroatoms. The van der Waals surface area contributed by atoms with Gasteiger partial charge < -0.3 is 4.74 Å². The average molecular weight is 422 g/mol. The van der Waals surface area contributed by atoms with E-state index in [0.29, 0.717) is 31.0 Å². The molecule has 0 N–H and O–H groups in total. The van der Waals surface area contributed by atoms with Gasteiger partial charge in [0.25, 0.3) is 0 Å². The van der Waals surface area contributed by atoms with E-state index in [4.69, 9.17) is 4.74 Å². The van der Waals surface area contributed by atoms with E-state index in [9.17, 15) is 13.2 Å². The van der Waals surface area contributed by atoms with Crippen LogP contribution >= 0.6 is 0 Å². The standard InChI is InChI=1S/C19H27N5O4S/c1-2-3-13-24-18(20-21-22-24)15-28-19(25)14-16-7-9-17(10-8-16)29(26,27)23-11-5-4-6-12-23/h7-10H,2-6,11-15H2,1H3. The van der Waals surface area contributed by atoms with Gasteiger partial charge in [-0.05, 0) is 47.4 Å². The van der Waals surface area contributed by atoms with Crippen LogP contribution < -0.4 is 0 Å². The Morgan fingerprint density at radius 1 is 1.14 bits per heavy atom. The lowest BCUT2D eigenvalue weighted by Gasteiger charge is -2.25. The third-order valence-electron chi connectivity index (χ3n) is 4.92. The predicted molar refractivity (Wildman–Crippen MR) is 105 cm³/mol. The summed E-state index contributed by atoms with van der Waals surface area (Å²) in [6, 6.07) is 6.42. The van der Waals surface area contributed by atoms with E-state index in [1.54, 1.807) is 28.9 Å². The maximum absolute atomic E-state index is 12.7. The number of hydrogen-bond donors (Lipinski definition) is 0. The molecule has 2 aromatic rings. The topological polar surface area (TPSA) is 107 Å². The fourth-order valence-corrected chi connectivity index (χ4v) is 4.72. The highest BCUT2D eigenvalue weighted by molar-refractivity contribution is 7.89. The molecule has 1 aliphatic heterocycles. The molecule has 0 unspecified atom stereocenters. The van der Waals surface area contributed by atoms with Crippen molar-refractivity contribution in [3.8, 4) is 0 Å². The van der Waals surface area contributed by atoms with Crippen LogP contribution in [0.3, 0.4) is 0 Å². The number of ether oxygens (including phenoxy) is 1.